The molecule has 0 spiro atoms. The van der Waals surface area contributed by atoms with Gasteiger partial charge in [0.05, 0.1) is 5.69 Å². The molecule has 68 valence electrons. The van der Waals surface area contributed by atoms with Gasteiger partial charge in [-0.2, -0.15) is 13.9 Å². The molecule has 0 saturated heterocycles. The molecule has 0 aliphatic heterocycles. The smallest absolute Gasteiger partial charge is 0.304 e. The van der Waals surface area contributed by atoms with Gasteiger partial charge in [-0.25, -0.2) is 4.68 Å². The van der Waals surface area contributed by atoms with Crippen LogP contribution in [0.5, 0.6) is 0 Å². The molecule has 1 aromatic rings. The zero-order valence-electron chi connectivity index (χ0n) is 7.04. The summed E-state index contributed by atoms with van der Waals surface area (Å²) in [6, 6.07) is 1.59. The molecular formula is C7H11F2N3. The van der Waals surface area contributed by atoms with Crippen LogP contribution in [0.15, 0.2) is 12.3 Å². The average Bonchev–Trinajstić information content (AvgIpc) is 2.33. The lowest BCUT2D eigenvalue weighted by molar-refractivity contribution is 0.0517. The lowest BCUT2D eigenvalue weighted by Gasteiger charge is -2.10. The molecule has 1 rings (SSSR count). The Balaban J connectivity index is 2.77. The van der Waals surface area contributed by atoms with Gasteiger partial charge in [0.25, 0.3) is 0 Å². The minimum Gasteiger partial charge on any atom is -0.304 e. The molecule has 1 aromatic heterocycles. The van der Waals surface area contributed by atoms with Gasteiger partial charge in [0.15, 0.2) is 0 Å². The molecule has 0 aliphatic carbocycles. The Morgan fingerprint density at radius 3 is 2.75 bits per heavy atom. The Kier molecular flexibility index (Phi) is 2.75. The van der Waals surface area contributed by atoms with Crippen LogP contribution in [0.1, 0.15) is 12.2 Å². The number of hydrogen-bond donors (Lipinski definition) is 0. The summed E-state index contributed by atoms with van der Waals surface area (Å²) >= 11 is 0. The molecule has 1 heterocycles. The third-order valence-corrected chi connectivity index (χ3v) is 1.42. The van der Waals surface area contributed by atoms with Crippen molar-refractivity contribution < 1.29 is 8.78 Å². The Labute approximate surface area is 69.6 Å². The van der Waals surface area contributed by atoms with Gasteiger partial charge in [0.1, 0.15) is 0 Å². The number of halogens is 2. The summed E-state index contributed by atoms with van der Waals surface area (Å²) in [5.41, 5.74) is 0.523. The van der Waals surface area contributed by atoms with Crippen molar-refractivity contribution in [1.29, 1.82) is 0 Å². The summed E-state index contributed by atoms with van der Waals surface area (Å²) in [5, 5.41) is 3.51. The Hall–Kier alpha value is -0.970. The largest absolute Gasteiger partial charge is 0.333 e. The molecule has 5 heteroatoms. The van der Waals surface area contributed by atoms with Crippen LogP contribution >= 0.6 is 0 Å². The third-order valence-electron chi connectivity index (χ3n) is 1.42. The quantitative estimate of drug-likeness (QED) is 0.691. The Morgan fingerprint density at radius 1 is 1.58 bits per heavy atom. The van der Waals surface area contributed by atoms with E-state index in [1.807, 2.05) is 19.0 Å². The molecule has 0 fully saturated rings. The number of alkyl halides is 2. The first-order valence-corrected chi connectivity index (χ1v) is 3.56. The summed E-state index contributed by atoms with van der Waals surface area (Å²) in [7, 11) is 3.64. The third kappa shape index (κ3) is 2.01. The van der Waals surface area contributed by atoms with Gasteiger partial charge in [-0.1, -0.05) is 0 Å². The van der Waals surface area contributed by atoms with Crippen molar-refractivity contribution in [2.45, 2.75) is 13.1 Å². The van der Waals surface area contributed by atoms with Crippen LogP contribution in [0, 0.1) is 0 Å². The number of aromatic nitrogens is 2. The van der Waals surface area contributed by atoms with Crippen molar-refractivity contribution >= 4 is 0 Å². The first-order valence-electron chi connectivity index (χ1n) is 3.56. The molecule has 0 amide bonds. The van der Waals surface area contributed by atoms with Gasteiger partial charge in [0, 0.05) is 12.7 Å². The second-order valence-corrected chi connectivity index (χ2v) is 2.78. The summed E-state index contributed by atoms with van der Waals surface area (Å²) in [6.45, 7) is -2.07. The van der Waals surface area contributed by atoms with Crippen LogP contribution in [0.3, 0.4) is 0 Å². The highest BCUT2D eigenvalue weighted by Crippen LogP contribution is 2.12. The van der Waals surface area contributed by atoms with Gasteiger partial charge >= 0.3 is 6.55 Å². The van der Waals surface area contributed by atoms with Gasteiger partial charge in [0.2, 0.25) is 0 Å². The van der Waals surface area contributed by atoms with E-state index in [9.17, 15) is 8.78 Å². The van der Waals surface area contributed by atoms with Crippen molar-refractivity contribution in [3.05, 3.63) is 18.0 Å². The Morgan fingerprint density at radius 2 is 2.25 bits per heavy atom. The topological polar surface area (TPSA) is 21.1 Å². The van der Waals surface area contributed by atoms with Crippen LogP contribution in [0.4, 0.5) is 8.78 Å². The first kappa shape index (κ1) is 9.12. The van der Waals surface area contributed by atoms with Crippen molar-refractivity contribution in [2.75, 3.05) is 14.1 Å². The molecule has 0 atom stereocenters. The zero-order valence-corrected chi connectivity index (χ0v) is 7.04. The molecule has 0 radical (unpaired) electrons. The molecule has 0 bridgehead atoms. The average molecular weight is 175 g/mol. The summed E-state index contributed by atoms with van der Waals surface area (Å²) in [4.78, 5) is 1.82. The molecule has 3 nitrogen and oxygen atoms in total. The van der Waals surface area contributed by atoms with Crippen LogP contribution < -0.4 is 0 Å². The minimum atomic E-state index is -2.55. The van der Waals surface area contributed by atoms with Crippen molar-refractivity contribution in [3.8, 4) is 0 Å². The van der Waals surface area contributed by atoms with Crippen LogP contribution in [-0.4, -0.2) is 28.8 Å². The predicted molar refractivity (Wildman–Crippen MR) is 40.9 cm³/mol. The second kappa shape index (κ2) is 3.62. The van der Waals surface area contributed by atoms with Gasteiger partial charge in [-0.15, -0.1) is 0 Å². The van der Waals surface area contributed by atoms with E-state index in [4.69, 9.17) is 0 Å². The number of nitrogens with zero attached hydrogens (tertiary/aromatic N) is 3. The van der Waals surface area contributed by atoms with E-state index in [-0.39, 0.29) is 0 Å². The van der Waals surface area contributed by atoms with Crippen LogP contribution in [0.2, 0.25) is 0 Å². The molecule has 0 aliphatic rings. The number of rotatable bonds is 3. The molecule has 0 N–H and O–H groups in total. The van der Waals surface area contributed by atoms with Gasteiger partial charge in [-0.3, -0.25) is 0 Å². The maximum absolute atomic E-state index is 12.2. The van der Waals surface area contributed by atoms with E-state index in [0.717, 1.165) is 4.68 Å². The zero-order chi connectivity index (χ0) is 9.14. The van der Waals surface area contributed by atoms with E-state index in [0.29, 0.717) is 12.2 Å². The highest BCUT2D eigenvalue weighted by atomic mass is 19.3. The lowest BCUT2D eigenvalue weighted by Crippen LogP contribution is -2.15. The summed E-state index contributed by atoms with van der Waals surface area (Å²) in [6.07, 6.45) is 1.38. The van der Waals surface area contributed by atoms with Crippen molar-refractivity contribution in [3.63, 3.8) is 0 Å². The van der Waals surface area contributed by atoms with Crippen LogP contribution in [0.25, 0.3) is 0 Å². The maximum Gasteiger partial charge on any atom is 0.333 e. The fourth-order valence-electron chi connectivity index (χ4n) is 0.967. The minimum absolute atomic E-state index is 0.477. The fraction of sp³-hybridized carbons (Fsp3) is 0.571. The van der Waals surface area contributed by atoms with E-state index in [1.165, 1.54) is 6.20 Å². The van der Waals surface area contributed by atoms with Gasteiger partial charge in [-0.05, 0) is 20.2 Å². The fourth-order valence-corrected chi connectivity index (χ4v) is 0.967. The second-order valence-electron chi connectivity index (χ2n) is 2.78. The maximum atomic E-state index is 12.2. The highest BCUT2D eigenvalue weighted by Gasteiger charge is 2.11. The van der Waals surface area contributed by atoms with E-state index >= 15 is 0 Å². The molecule has 12 heavy (non-hydrogen) atoms. The van der Waals surface area contributed by atoms with E-state index in [1.54, 1.807) is 6.07 Å². The molecular weight excluding hydrogens is 164 g/mol. The molecule has 0 aromatic carbocycles. The van der Waals surface area contributed by atoms with Crippen molar-refractivity contribution in [1.82, 2.24) is 14.7 Å². The normalized spacial score (nSPS) is 11.5. The monoisotopic (exact) mass is 175 g/mol. The predicted octanol–water partition coefficient (Wildman–Crippen LogP) is 1.34. The molecule has 0 unspecified atom stereocenters. The van der Waals surface area contributed by atoms with Gasteiger partial charge < -0.3 is 4.90 Å². The summed E-state index contributed by atoms with van der Waals surface area (Å²) in [5.74, 6) is 0. The lowest BCUT2D eigenvalue weighted by atomic mass is 10.4. The number of hydrogen-bond acceptors (Lipinski definition) is 2. The van der Waals surface area contributed by atoms with E-state index in [2.05, 4.69) is 5.10 Å². The standard InChI is InChI=1S/C7H11F2N3/c1-11(2)5-6-3-4-10-12(6)7(8)9/h3-4,7H,5H2,1-2H3. The van der Waals surface area contributed by atoms with Crippen LogP contribution in [-0.2, 0) is 6.54 Å². The SMILES string of the molecule is CN(C)Cc1ccnn1C(F)F. The first-order chi connectivity index (χ1) is 5.61. The van der Waals surface area contributed by atoms with E-state index < -0.39 is 6.55 Å². The summed E-state index contributed by atoms with van der Waals surface area (Å²) < 4.78 is 25.1. The van der Waals surface area contributed by atoms with Crippen molar-refractivity contribution in [2.24, 2.45) is 0 Å². The highest BCUT2D eigenvalue weighted by molar-refractivity contribution is 5.00. The molecule has 0 saturated carbocycles. The Bertz CT molecular complexity index is 245.